The third-order valence-corrected chi connectivity index (χ3v) is 2.61. The van der Waals surface area contributed by atoms with E-state index in [-0.39, 0.29) is 6.04 Å². The summed E-state index contributed by atoms with van der Waals surface area (Å²) in [5.74, 6) is 0. The molecule has 2 rings (SSSR count). The van der Waals surface area contributed by atoms with Gasteiger partial charge in [0, 0.05) is 12.6 Å². The summed E-state index contributed by atoms with van der Waals surface area (Å²) in [5, 5.41) is 12.4. The molecule has 1 aliphatic rings. The van der Waals surface area contributed by atoms with Gasteiger partial charge in [-0.2, -0.15) is 5.26 Å². The van der Waals surface area contributed by atoms with Crippen molar-refractivity contribution in [2.24, 2.45) is 0 Å². The van der Waals surface area contributed by atoms with Crippen LogP contribution in [0.4, 0.5) is 0 Å². The van der Waals surface area contributed by atoms with E-state index in [0.717, 1.165) is 18.7 Å². The minimum absolute atomic E-state index is 0.202. The SMILES string of the molecule is CCCn1cncc1C(C#N)NC1CC1. The topological polar surface area (TPSA) is 53.6 Å². The van der Waals surface area contributed by atoms with Crippen LogP contribution in [0.5, 0.6) is 0 Å². The molecule has 0 spiro atoms. The Morgan fingerprint density at radius 3 is 3.13 bits per heavy atom. The van der Waals surface area contributed by atoms with Crippen LogP contribution in [0.3, 0.4) is 0 Å². The van der Waals surface area contributed by atoms with Gasteiger partial charge >= 0.3 is 0 Å². The first kappa shape index (κ1) is 10.2. The van der Waals surface area contributed by atoms with Crippen LogP contribution in [-0.4, -0.2) is 15.6 Å². The minimum Gasteiger partial charge on any atom is -0.332 e. The van der Waals surface area contributed by atoms with Gasteiger partial charge in [0.15, 0.2) is 0 Å². The Balaban J connectivity index is 2.10. The maximum atomic E-state index is 9.11. The lowest BCUT2D eigenvalue weighted by Gasteiger charge is -2.13. The summed E-state index contributed by atoms with van der Waals surface area (Å²) in [6.45, 7) is 3.05. The molecule has 1 aromatic heterocycles. The molecule has 1 aromatic rings. The van der Waals surface area contributed by atoms with Gasteiger partial charge < -0.3 is 4.57 Å². The second kappa shape index (κ2) is 4.45. The molecule has 0 amide bonds. The zero-order chi connectivity index (χ0) is 10.7. The highest BCUT2D eigenvalue weighted by Crippen LogP contribution is 2.23. The molecule has 15 heavy (non-hydrogen) atoms. The summed E-state index contributed by atoms with van der Waals surface area (Å²) >= 11 is 0. The summed E-state index contributed by atoms with van der Waals surface area (Å²) in [5.41, 5.74) is 0.992. The summed E-state index contributed by atoms with van der Waals surface area (Å²) in [6.07, 6.45) is 7.04. The Labute approximate surface area is 89.9 Å². The van der Waals surface area contributed by atoms with Crippen molar-refractivity contribution in [2.45, 2.75) is 44.8 Å². The van der Waals surface area contributed by atoms with Crippen LogP contribution in [0.25, 0.3) is 0 Å². The summed E-state index contributed by atoms with van der Waals surface area (Å²) < 4.78 is 2.06. The fraction of sp³-hybridized carbons (Fsp3) is 0.636. The van der Waals surface area contributed by atoms with Crippen LogP contribution >= 0.6 is 0 Å². The van der Waals surface area contributed by atoms with E-state index in [1.54, 1.807) is 12.5 Å². The number of nitrogens with one attached hydrogen (secondary N) is 1. The highest BCUT2D eigenvalue weighted by molar-refractivity contribution is 5.15. The molecular weight excluding hydrogens is 188 g/mol. The van der Waals surface area contributed by atoms with E-state index in [9.17, 15) is 0 Å². The van der Waals surface area contributed by atoms with E-state index in [1.165, 1.54) is 12.8 Å². The molecule has 4 heteroatoms. The largest absolute Gasteiger partial charge is 0.332 e. The molecule has 1 fully saturated rings. The zero-order valence-corrected chi connectivity index (χ0v) is 8.98. The number of imidazole rings is 1. The molecule has 0 bridgehead atoms. The second-order valence-electron chi connectivity index (χ2n) is 4.01. The average molecular weight is 204 g/mol. The number of hydrogen-bond acceptors (Lipinski definition) is 3. The van der Waals surface area contributed by atoms with Gasteiger partial charge in [0.2, 0.25) is 0 Å². The van der Waals surface area contributed by atoms with Gasteiger partial charge in [0.25, 0.3) is 0 Å². The quantitative estimate of drug-likeness (QED) is 0.792. The van der Waals surface area contributed by atoms with Gasteiger partial charge in [-0.05, 0) is 19.3 Å². The Kier molecular flexibility index (Phi) is 3.02. The molecule has 1 unspecified atom stereocenters. The number of nitriles is 1. The third kappa shape index (κ3) is 2.37. The van der Waals surface area contributed by atoms with Crippen LogP contribution < -0.4 is 5.32 Å². The van der Waals surface area contributed by atoms with Gasteiger partial charge in [0.1, 0.15) is 6.04 Å². The third-order valence-electron chi connectivity index (χ3n) is 2.61. The van der Waals surface area contributed by atoms with Gasteiger partial charge in [0.05, 0.1) is 24.3 Å². The standard InChI is InChI=1S/C11H16N4/c1-2-5-15-8-13-7-11(15)10(6-12)14-9-3-4-9/h7-10,14H,2-5H2,1H3. The summed E-state index contributed by atoms with van der Waals surface area (Å²) in [4.78, 5) is 4.11. The maximum absolute atomic E-state index is 9.11. The molecule has 1 saturated carbocycles. The van der Waals surface area contributed by atoms with Gasteiger partial charge in [-0.1, -0.05) is 6.92 Å². The zero-order valence-electron chi connectivity index (χ0n) is 8.98. The number of hydrogen-bond donors (Lipinski definition) is 1. The average Bonchev–Trinajstić information content (AvgIpc) is 2.95. The predicted molar refractivity (Wildman–Crippen MR) is 57.0 cm³/mol. The maximum Gasteiger partial charge on any atom is 0.138 e. The summed E-state index contributed by atoms with van der Waals surface area (Å²) in [7, 11) is 0. The highest BCUT2D eigenvalue weighted by Gasteiger charge is 2.26. The first-order valence-corrected chi connectivity index (χ1v) is 5.51. The monoisotopic (exact) mass is 204 g/mol. The first-order chi connectivity index (χ1) is 7.35. The predicted octanol–water partition coefficient (Wildman–Crippen LogP) is 1.61. The van der Waals surface area contributed by atoms with Gasteiger partial charge in [-0.15, -0.1) is 0 Å². The van der Waals surface area contributed by atoms with E-state index < -0.39 is 0 Å². The first-order valence-electron chi connectivity index (χ1n) is 5.51. The Hall–Kier alpha value is -1.34. The fourth-order valence-electron chi connectivity index (χ4n) is 1.67. The van der Waals surface area contributed by atoms with Crippen LogP contribution in [0.1, 0.15) is 37.9 Å². The van der Waals surface area contributed by atoms with Crippen molar-refractivity contribution in [1.29, 1.82) is 5.26 Å². The Morgan fingerprint density at radius 1 is 1.73 bits per heavy atom. The van der Waals surface area contributed by atoms with Gasteiger partial charge in [-0.25, -0.2) is 4.98 Å². The number of aromatic nitrogens is 2. The molecular formula is C11H16N4. The van der Waals surface area contributed by atoms with Gasteiger partial charge in [-0.3, -0.25) is 5.32 Å². The molecule has 0 saturated heterocycles. The van der Waals surface area contributed by atoms with E-state index in [1.807, 2.05) is 0 Å². The fourth-order valence-corrected chi connectivity index (χ4v) is 1.67. The number of nitrogens with zero attached hydrogens (tertiary/aromatic N) is 3. The molecule has 1 N–H and O–H groups in total. The molecule has 80 valence electrons. The number of rotatable bonds is 5. The summed E-state index contributed by atoms with van der Waals surface area (Å²) in [6, 6.07) is 2.64. The molecule has 0 aromatic carbocycles. The van der Waals surface area contributed by atoms with Crippen LogP contribution in [-0.2, 0) is 6.54 Å². The van der Waals surface area contributed by atoms with Crippen LogP contribution in [0.15, 0.2) is 12.5 Å². The van der Waals surface area contributed by atoms with E-state index in [4.69, 9.17) is 5.26 Å². The van der Waals surface area contributed by atoms with E-state index >= 15 is 0 Å². The molecule has 1 aliphatic carbocycles. The second-order valence-corrected chi connectivity index (χ2v) is 4.01. The lowest BCUT2D eigenvalue weighted by atomic mass is 10.2. The molecule has 0 radical (unpaired) electrons. The molecule has 0 aliphatic heterocycles. The lowest BCUT2D eigenvalue weighted by molar-refractivity contribution is 0.560. The highest BCUT2D eigenvalue weighted by atomic mass is 15.1. The van der Waals surface area contributed by atoms with Crippen molar-refractivity contribution < 1.29 is 0 Å². The van der Waals surface area contributed by atoms with Crippen molar-refractivity contribution in [2.75, 3.05) is 0 Å². The molecule has 1 atom stereocenters. The molecule has 4 nitrogen and oxygen atoms in total. The lowest BCUT2D eigenvalue weighted by Crippen LogP contribution is -2.24. The van der Waals surface area contributed by atoms with Crippen molar-refractivity contribution in [3.8, 4) is 6.07 Å². The normalized spacial score (nSPS) is 17.3. The molecule has 1 heterocycles. The Morgan fingerprint density at radius 2 is 2.53 bits per heavy atom. The van der Waals surface area contributed by atoms with Crippen molar-refractivity contribution in [3.63, 3.8) is 0 Å². The Bertz CT molecular complexity index is 359. The van der Waals surface area contributed by atoms with E-state index in [0.29, 0.717) is 6.04 Å². The minimum atomic E-state index is -0.202. The number of aryl methyl sites for hydroxylation is 1. The van der Waals surface area contributed by atoms with Crippen molar-refractivity contribution >= 4 is 0 Å². The van der Waals surface area contributed by atoms with Crippen molar-refractivity contribution in [3.05, 3.63) is 18.2 Å². The van der Waals surface area contributed by atoms with E-state index in [2.05, 4.69) is 27.9 Å². The van der Waals surface area contributed by atoms with Crippen LogP contribution in [0, 0.1) is 11.3 Å². The van der Waals surface area contributed by atoms with Crippen LogP contribution in [0.2, 0.25) is 0 Å². The van der Waals surface area contributed by atoms with Crippen molar-refractivity contribution in [1.82, 2.24) is 14.9 Å². The smallest absolute Gasteiger partial charge is 0.138 e.